The van der Waals surface area contributed by atoms with Crippen molar-refractivity contribution in [2.45, 2.75) is 50.6 Å². The molecule has 1 saturated carbocycles. The molecule has 8 nitrogen and oxygen atoms in total. The van der Waals surface area contributed by atoms with Gasteiger partial charge >= 0.3 is 0 Å². The highest BCUT2D eigenvalue weighted by Gasteiger charge is 2.34. The molecule has 0 atom stereocenters. The first-order chi connectivity index (χ1) is 14.8. The molecule has 3 heterocycles. The summed E-state index contributed by atoms with van der Waals surface area (Å²) in [4.78, 5) is 25.2. The average Bonchev–Trinajstić information content (AvgIpc) is 3.20. The van der Waals surface area contributed by atoms with Gasteiger partial charge in [0, 0.05) is 11.6 Å². The summed E-state index contributed by atoms with van der Waals surface area (Å²) in [6, 6.07) is 3.86. The Bertz CT molecular complexity index is 1110. The number of aliphatic hydroxyl groups is 1. The van der Waals surface area contributed by atoms with Crippen LogP contribution < -0.4 is 10.1 Å². The smallest absolute Gasteiger partial charge is 0.280 e. The van der Waals surface area contributed by atoms with Crippen LogP contribution in [0.3, 0.4) is 0 Å². The molecule has 0 spiro atoms. The second-order valence-electron chi connectivity index (χ2n) is 7.99. The van der Waals surface area contributed by atoms with Crippen molar-refractivity contribution < 1.29 is 23.4 Å². The van der Waals surface area contributed by atoms with Gasteiger partial charge in [0.05, 0.1) is 25.1 Å². The fraction of sp³-hybridized carbons (Fsp3) is 0.429. The predicted octanol–water partition coefficient (Wildman–Crippen LogP) is 3.52. The molecule has 4 rings (SSSR count). The van der Waals surface area contributed by atoms with E-state index >= 15 is 0 Å². The van der Waals surface area contributed by atoms with Crippen LogP contribution in [0.25, 0.3) is 5.65 Å². The van der Waals surface area contributed by atoms with Gasteiger partial charge in [-0.3, -0.25) is 9.20 Å². The van der Waals surface area contributed by atoms with Crippen molar-refractivity contribution in [2.24, 2.45) is 0 Å². The first-order valence-corrected chi connectivity index (χ1v) is 9.98. The van der Waals surface area contributed by atoms with Gasteiger partial charge in [-0.2, -0.15) is 4.98 Å². The molecule has 0 bridgehead atoms. The molecule has 3 aromatic rings. The van der Waals surface area contributed by atoms with Crippen LogP contribution in [0.1, 0.15) is 60.9 Å². The fourth-order valence-electron chi connectivity index (χ4n) is 3.83. The number of ether oxygens (including phenoxy) is 1. The van der Waals surface area contributed by atoms with E-state index in [1.807, 2.05) is 6.20 Å². The number of imidazole rings is 1. The molecule has 0 aromatic carbocycles. The van der Waals surface area contributed by atoms with E-state index in [2.05, 4.69) is 22.2 Å². The summed E-state index contributed by atoms with van der Waals surface area (Å²) in [7, 11) is 1.45. The maximum atomic E-state index is 12.9. The van der Waals surface area contributed by atoms with Crippen molar-refractivity contribution in [3.63, 3.8) is 0 Å². The Hall–Kier alpha value is -3.14. The Morgan fingerprint density at radius 1 is 1.26 bits per heavy atom. The largest absolute Gasteiger partial charge is 0.478 e. The Labute approximate surface area is 177 Å². The molecule has 1 amide bonds. The Morgan fingerprint density at radius 2 is 2.00 bits per heavy atom. The normalized spacial score (nSPS) is 21.4. The second-order valence-corrected chi connectivity index (χ2v) is 7.99. The number of fused-ring (bicyclic) bond motifs is 1. The lowest BCUT2D eigenvalue weighted by atomic mass is 9.73. The summed E-state index contributed by atoms with van der Waals surface area (Å²) in [6.45, 7) is 2.12. The predicted molar refractivity (Wildman–Crippen MR) is 109 cm³/mol. The van der Waals surface area contributed by atoms with Gasteiger partial charge < -0.3 is 15.2 Å². The van der Waals surface area contributed by atoms with E-state index in [0.29, 0.717) is 18.5 Å². The van der Waals surface area contributed by atoms with Crippen LogP contribution in [-0.4, -0.2) is 43.6 Å². The quantitative estimate of drug-likeness (QED) is 0.641. The number of carbonyl (C=O) groups excluding carboxylic acids is 1. The van der Waals surface area contributed by atoms with Crippen LogP contribution >= 0.6 is 0 Å². The summed E-state index contributed by atoms with van der Waals surface area (Å²) >= 11 is 0. The standard InChI is InChI=1S/C21H23F2N5O3/c1-21(8-6-12(29)7-9-21)15-10-28-11-16(27-20(31-2)18(28)25-15)26-19(30)14-5-3-4-13(24-14)17(22)23/h3-5,10-12,17,29H,6-9H2,1-2H3,(H,26,30). The van der Waals surface area contributed by atoms with E-state index < -0.39 is 18.0 Å². The maximum absolute atomic E-state index is 12.9. The number of halogens is 2. The molecule has 1 fully saturated rings. The number of carbonyl (C=O) groups is 1. The van der Waals surface area contributed by atoms with Crippen LogP contribution in [0.2, 0.25) is 0 Å². The number of aromatic nitrogens is 4. The minimum absolute atomic E-state index is 0.141. The van der Waals surface area contributed by atoms with Crippen LogP contribution in [0, 0.1) is 0 Å². The van der Waals surface area contributed by atoms with Gasteiger partial charge in [0.25, 0.3) is 18.2 Å². The summed E-state index contributed by atoms with van der Waals surface area (Å²) in [6.07, 6.45) is 3.45. The van der Waals surface area contributed by atoms with Crippen molar-refractivity contribution in [2.75, 3.05) is 12.4 Å². The second kappa shape index (κ2) is 8.18. The molecule has 0 radical (unpaired) electrons. The Balaban J connectivity index is 1.63. The number of hydrogen-bond acceptors (Lipinski definition) is 6. The van der Waals surface area contributed by atoms with E-state index in [1.165, 1.54) is 19.2 Å². The third kappa shape index (κ3) is 4.20. The first-order valence-electron chi connectivity index (χ1n) is 9.98. The first kappa shape index (κ1) is 21.1. The lowest BCUT2D eigenvalue weighted by molar-refractivity contribution is 0.0994. The molecular weight excluding hydrogens is 408 g/mol. The van der Waals surface area contributed by atoms with Crippen molar-refractivity contribution in [3.05, 3.63) is 47.7 Å². The minimum Gasteiger partial charge on any atom is -0.478 e. The number of alkyl halides is 2. The van der Waals surface area contributed by atoms with Crippen molar-refractivity contribution >= 4 is 17.4 Å². The van der Waals surface area contributed by atoms with Crippen LogP contribution in [0.4, 0.5) is 14.6 Å². The highest BCUT2D eigenvalue weighted by atomic mass is 19.3. The Kier molecular flexibility index (Phi) is 5.57. The van der Waals surface area contributed by atoms with Gasteiger partial charge in [-0.15, -0.1) is 0 Å². The zero-order valence-electron chi connectivity index (χ0n) is 17.2. The molecule has 3 aromatic heterocycles. The molecule has 31 heavy (non-hydrogen) atoms. The average molecular weight is 431 g/mol. The van der Waals surface area contributed by atoms with Gasteiger partial charge in [0.15, 0.2) is 5.82 Å². The summed E-state index contributed by atoms with van der Waals surface area (Å²) in [5, 5.41) is 12.4. The highest BCUT2D eigenvalue weighted by Crippen LogP contribution is 2.39. The highest BCUT2D eigenvalue weighted by molar-refractivity contribution is 6.02. The third-order valence-electron chi connectivity index (χ3n) is 5.75. The van der Waals surface area contributed by atoms with Gasteiger partial charge in [-0.05, 0) is 37.8 Å². The zero-order chi connectivity index (χ0) is 22.2. The monoisotopic (exact) mass is 431 g/mol. The van der Waals surface area contributed by atoms with E-state index in [-0.39, 0.29) is 28.9 Å². The molecule has 10 heteroatoms. The molecule has 0 saturated heterocycles. The number of anilines is 1. The number of methoxy groups -OCH3 is 1. The van der Waals surface area contributed by atoms with Gasteiger partial charge in [0.1, 0.15) is 11.4 Å². The van der Waals surface area contributed by atoms with E-state index in [4.69, 9.17) is 9.72 Å². The van der Waals surface area contributed by atoms with Crippen LogP contribution in [0.5, 0.6) is 5.88 Å². The topological polar surface area (TPSA) is 102 Å². The van der Waals surface area contributed by atoms with E-state index in [0.717, 1.165) is 24.6 Å². The number of amides is 1. The summed E-state index contributed by atoms with van der Waals surface area (Å²) in [5.74, 6) is -0.269. The van der Waals surface area contributed by atoms with Crippen LogP contribution in [0.15, 0.2) is 30.6 Å². The Morgan fingerprint density at radius 3 is 2.68 bits per heavy atom. The number of nitrogens with zero attached hydrogens (tertiary/aromatic N) is 4. The van der Waals surface area contributed by atoms with Crippen molar-refractivity contribution in [1.82, 2.24) is 19.4 Å². The number of hydrogen-bond donors (Lipinski definition) is 2. The minimum atomic E-state index is -2.77. The van der Waals surface area contributed by atoms with Crippen molar-refractivity contribution in [3.8, 4) is 5.88 Å². The summed E-state index contributed by atoms with van der Waals surface area (Å²) in [5.41, 5.74) is 0.561. The molecular formula is C21H23F2N5O3. The SMILES string of the molecule is COc1nc(NC(=O)c2cccc(C(F)F)n2)cn2cc(C3(C)CCC(O)CC3)nc12. The summed E-state index contributed by atoms with van der Waals surface area (Å²) < 4.78 is 32.8. The number of aliphatic hydroxyl groups excluding tert-OH is 1. The number of pyridine rings is 1. The van der Waals surface area contributed by atoms with Gasteiger partial charge in [0.2, 0.25) is 5.65 Å². The van der Waals surface area contributed by atoms with Gasteiger partial charge in [-0.1, -0.05) is 13.0 Å². The lowest BCUT2D eigenvalue weighted by Gasteiger charge is -2.34. The molecule has 1 aliphatic rings. The lowest BCUT2D eigenvalue weighted by Crippen LogP contribution is -2.31. The zero-order valence-corrected chi connectivity index (χ0v) is 17.2. The van der Waals surface area contributed by atoms with E-state index in [9.17, 15) is 18.7 Å². The molecule has 164 valence electrons. The third-order valence-corrected chi connectivity index (χ3v) is 5.75. The molecule has 0 aliphatic heterocycles. The van der Waals surface area contributed by atoms with E-state index in [1.54, 1.807) is 10.6 Å². The fourth-order valence-corrected chi connectivity index (χ4v) is 3.83. The maximum Gasteiger partial charge on any atom is 0.280 e. The number of nitrogens with one attached hydrogen (secondary N) is 1. The molecule has 2 N–H and O–H groups in total. The molecule has 1 aliphatic carbocycles. The number of rotatable bonds is 5. The van der Waals surface area contributed by atoms with Crippen LogP contribution in [-0.2, 0) is 5.41 Å². The van der Waals surface area contributed by atoms with Crippen molar-refractivity contribution in [1.29, 1.82) is 0 Å². The molecule has 0 unspecified atom stereocenters. The van der Waals surface area contributed by atoms with Gasteiger partial charge in [-0.25, -0.2) is 18.7 Å².